The highest BCUT2D eigenvalue weighted by Crippen LogP contribution is 2.40. The van der Waals surface area contributed by atoms with E-state index in [2.05, 4.69) is 27.9 Å². The number of anilines is 1. The zero-order valence-corrected chi connectivity index (χ0v) is 15.7. The summed E-state index contributed by atoms with van der Waals surface area (Å²) in [6.07, 6.45) is 15.5. The van der Waals surface area contributed by atoms with Gasteiger partial charge in [0.25, 0.3) is 0 Å². The van der Waals surface area contributed by atoms with Gasteiger partial charge in [-0.25, -0.2) is 4.98 Å². The molecule has 0 amide bonds. The summed E-state index contributed by atoms with van der Waals surface area (Å²) in [5, 5.41) is 4.75. The van der Waals surface area contributed by atoms with E-state index < -0.39 is 0 Å². The van der Waals surface area contributed by atoms with Crippen LogP contribution in [0, 0.1) is 5.92 Å². The lowest BCUT2D eigenvalue weighted by Crippen LogP contribution is -2.42. The van der Waals surface area contributed by atoms with Crippen molar-refractivity contribution in [1.82, 2.24) is 14.5 Å². The maximum atomic E-state index is 4.99. The van der Waals surface area contributed by atoms with Gasteiger partial charge in [-0.3, -0.25) is 4.99 Å². The molecule has 0 saturated heterocycles. The Morgan fingerprint density at radius 2 is 1.92 bits per heavy atom. The second kappa shape index (κ2) is 6.36. The third kappa shape index (κ3) is 2.72. The minimum absolute atomic E-state index is 0.135. The number of rotatable bonds is 2. The predicted octanol–water partition coefficient (Wildman–Crippen LogP) is 4.51. The molecule has 5 rings (SSSR count). The van der Waals surface area contributed by atoms with Gasteiger partial charge in [0.05, 0.1) is 17.8 Å². The van der Waals surface area contributed by atoms with E-state index in [4.69, 9.17) is 9.98 Å². The summed E-state index contributed by atoms with van der Waals surface area (Å²) in [7, 11) is 0. The number of aliphatic imine (C=N–C) groups is 1. The highest BCUT2D eigenvalue weighted by molar-refractivity contribution is 5.90. The van der Waals surface area contributed by atoms with Gasteiger partial charge >= 0.3 is 0 Å². The van der Waals surface area contributed by atoms with E-state index in [-0.39, 0.29) is 5.54 Å². The maximum absolute atomic E-state index is 4.99. The number of nitrogens with zero attached hydrogens (tertiary/aromatic N) is 4. The molecule has 1 aliphatic heterocycles. The van der Waals surface area contributed by atoms with Gasteiger partial charge in [0.1, 0.15) is 5.65 Å². The van der Waals surface area contributed by atoms with Crippen LogP contribution in [-0.4, -0.2) is 33.3 Å². The topological polar surface area (TPSA) is 55.1 Å². The molecule has 26 heavy (non-hydrogen) atoms. The van der Waals surface area contributed by atoms with Gasteiger partial charge in [-0.05, 0) is 50.5 Å². The highest BCUT2D eigenvalue weighted by atomic mass is 15.2. The second-order valence-electron chi connectivity index (χ2n) is 8.73. The van der Waals surface area contributed by atoms with Crippen LogP contribution < -0.4 is 5.32 Å². The van der Waals surface area contributed by atoms with Crippen LogP contribution in [0.4, 0.5) is 5.95 Å². The molecule has 0 radical (unpaired) electrons. The quantitative estimate of drug-likeness (QED) is 0.866. The van der Waals surface area contributed by atoms with Gasteiger partial charge in [-0.1, -0.05) is 26.2 Å². The van der Waals surface area contributed by atoms with Gasteiger partial charge < -0.3 is 9.88 Å². The summed E-state index contributed by atoms with van der Waals surface area (Å²) in [5.41, 5.74) is 2.43. The summed E-state index contributed by atoms with van der Waals surface area (Å²) in [6, 6.07) is 2.73. The molecule has 0 unspecified atom stereocenters. The molecule has 0 bridgehead atoms. The SMILES string of the molecule is C[C@H]1CC[C@H](Nc2ncc3cc4n(c3n2)C2(CCCCC2)CN=C4)CC1. The van der Waals surface area contributed by atoms with Crippen molar-refractivity contribution in [2.45, 2.75) is 76.3 Å². The van der Waals surface area contributed by atoms with Crippen LogP contribution in [-0.2, 0) is 5.54 Å². The first kappa shape index (κ1) is 16.3. The third-order valence-corrected chi connectivity index (χ3v) is 6.79. The first-order valence-electron chi connectivity index (χ1n) is 10.4. The maximum Gasteiger partial charge on any atom is 0.224 e. The minimum atomic E-state index is 0.135. The molecule has 138 valence electrons. The smallest absolute Gasteiger partial charge is 0.224 e. The average molecular weight is 351 g/mol. The first-order chi connectivity index (χ1) is 12.7. The number of nitrogens with one attached hydrogen (secondary N) is 1. The fraction of sp³-hybridized carbons (Fsp3) is 0.667. The van der Waals surface area contributed by atoms with Crippen molar-refractivity contribution >= 4 is 23.2 Å². The Hall–Kier alpha value is -1.91. The van der Waals surface area contributed by atoms with Gasteiger partial charge in [0, 0.05) is 23.8 Å². The first-order valence-corrected chi connectivity index (χ1v) is 10.4. The summed E-state index contributed by atoms with van der Waals surface area (Å²) in [5.74, 6) is 1.66. The van der Waals surface area contributed by atoms with Crippen LogP contribution in [0.5, 0.6) is 0 Å². The molecule has 2 aliphatic carbocycles. The van der Waals surface area contributed by atoms with E-state index in [1.807, 2.05) is 12.4 Å². The molecule has 1 spiro atoms. The number of fused-ring (bicyclic) bond motifs is 4. The molecule has 5 heteroatoms. The third-order valence-electron chi connectivity index (χ3n) is 6.79. The van der Waals surface area contributed by atoms with Gasteiger partial charge in [0.15, 0.2) is 0 Å². The molecule has 0 atom stereocenters. The fourth-order valence-electron chi connectivity index (χ4n) is 5.23. The molecule has 2 aromatic heterocycles. The van der Waals surface area contributed by atoms with Crippen molar-refractivity contribution in [3.05, 3.63) is 18.0 Å². The Balaban J connectivity index is 1.50. The normalized spacial score (nSPS) is 27.6. The van der Waals surface area contributed by atoms with Crippen molar-refractivity contribution in [3.8, 4) is 0 Å². The van der Waals surface area contributed by atoms with E-state index >= 15 is 0 Å². The van der Waals surface area contributed by atoms with Crippen LogP contribution in [0.25, 0.3) is 11.0 Å². The Labute approximate surface area is 155 Å². The van der Waals surface area contributed by atoms with Crippen molar-refractivity contribution in [2.24, 2.45) is 10.9 Å². The van der Waals surface area contributed by atoms with E-state index in [9.17, 15) is 0 Å². The zero-order chi connectivity index (χ0) is 17.6. The predicted molar refractivity (Wildman–Crippen MR) is 106 cm³/mol. The Bertz CT molecular complexity index is 822. The average Bonchev–Trinajstić information content (AvgIpc) is 3.04. The highest BCUT2D eigenvalue weighted by Gasteiger charge is 2.38. The minimum Gasteiger partial charge on any atom is -0.351 e. The zero-order valence-electron chi connectivity index (χ0n) is 15.7. The van der Waals surface area contributed by atoms with Gasteiger partial charge in [-0.15, -0.1) is 0 Å². The van der Waals surface area contributed by atoms with E-state index in [1.165, 1.54) is 63.5 Å². The van der Waals surface area contributed by atoms with E-state index in [1.54, 1.807) is 0 Å². The van der Waals surface area contributed by atoms with E-state index in [0.717, 1.165) is 29.4 Å². The molecular formula is C21H29N5. The number of hydrogen-bond acceptors (Lipinski definition) is 4. The Morgan fingerprint density at radius 3 is 2.73 bits per heavy atom. The van der Waals surface area contributed by atoms with Gasteiger partial charge in [0.2, 0.25) is 5.95 Å². The lowest BCUT2D eigenvalue weighted by atomic mass is 9.80. The van der Waals surface area contributed by atoms with Crippen LogP contribution in [0.3, 0.4) is 0 Å². The fourth-order valence-corrected chi connectivity index (χ4v) is 5.23. The molecule has 2 fully saturated rings. The van der Waals surface area contributed by atoms with Crippen LogP contribution in [0.1, 0.15) is 70.4 Å². The molecule has 3 heterocycles. The van der Waals surface area contributed by atoms with Crippen molar-refractivity contribution in [3.63, 3.8) is 0 Å². The molecule has 0 aromatic carbocycles. The summed E-state index contributed by atoms with van der Waals surface area (Å²) in [6.45, 7) is 3.26. The second-order valence-corrected chi connectivity index (χ2v) is 8.73. The Kier molecular flexibility index (Phi) is 3.98. The van der Waals surface area contributed by atoms with Crippen LogP contribution in [0.2, 0.25) is 0 Å². The molecule has 2 saturated carbocycles. The Morgan fingerprint density at radius 1 is 1.12 bits per heavy atom. The van der Waals surface area contributed by atoms with Crippen molar-refractivity contribution < 1.29 is 0 Å². The standard InChI is InChI=1S/C21H29N5/c1-15-5-7-17(8-6-15)24-20-23-12-16-11-18-13-22-14-21(9-3-2-4-10-21)26(18)19(16)25-20/h11-13,15,17H,2-10,14H2,1H3,(H,23,24,25)/t15-,17-. The number of hydrogen-bond donors (Lipinski definition) is 1. The van der Waals surface area contributed by atoms with Crippen LogP contribution >= 0.6 is 0 Å². The van der Waals surface area contributed by atoms with Crippen molar-refractivity contribution in [1.29, 1.82) is 0 Å². The van der Waals surface area contributed by atoms with Crippen molar-refractivity contribution in [2.75, 3.05) is 11.9 Å². The van der Waals surface area contributed by atoms with Gasteiger partial charge in [-0.2, -0.15) is 4.98 Å². The number of aromatic nitrogens is 3. The summed E-state index contributed by atoms with van der Waals surface area (Å²) in [4.78, 5) is 14.3. The molecule has 2 aromatic rings. The largest absolute Gasteiger partial charge is 0.351 e. The molecule has 5 nitrogen and oxygen atoms in total. The summed E-state index contributed by atoms with van der Waals surface area (Å²) < 4.78 is 2.49. The molecule has 3 aliphatic rings. The summed E-state index contributed by atoms with van der Waals surface area (Å²) >= 11 is 0. The lowest BCUT2D eigenvalue weighted by molar-refractivity contribution is 0.204. The molecule has 1 N–H and O–H groups in total. The monoisotopic (exact) mass is 351 g/mol. The van der Waals surface area contributed by atoms with Crippen LogP contribution in [0.15, 0.2) is 17.3 Å². The van der Waals surface area contributed by atoms with E-state index in [0.29, 0.717) is 6.04 Å². The lowest BCUT2D eigenvalue weighted by Gasteiger charge is -2.40. The molecular weight excluding hydrogens is 322 g/mol.